The fraction of sp³-hybridized carbons (Fsp3) is 0.258. The Balaban J connectivity index is 0.00000288. The van der Waals surface area contributed by atoms with Gasteiger partial charge in [0.25, 0.3) is 0 Å². The number of rotatable bonds is 9. The molecule has 0 bridgehead atoms. The molecule has 1 saturated carbocycles. The van der Waals surface area contributed by atoms with Crippen LogP contribution in [0.15, 0.2) is 66.9 Å². The average Bonchev–Trinajstić information content (AvgIpc) is 3.55. The smallest absolute Gasteiger partial charge is 0.422 e. The summed E-state index contributed by atoms with van der Waals surface area (Å²) >= 11 is 0. The molecule has 0 saturated heterocycles. The van der Waals surface area contributed by atoms with Crippen LogP contribution in [0.25, 0.3) is 10.9 Å². The van der Waals surface area contributed by atoms with Crippen molar-refractivity contribution in [2.24, 2.45) is 17.3 Å². The zero-order valence-corrected chi connectivity index (χ0v) is 23.6. The van der Waals surface area contributed by atoms with Crippen molar-refractivity contribution in [1.82, 2.24) is 4.98 Å². The van der Waals surface area contributed by atoms with Gasteiger partial charge in [0.1, 0.15) is 11.6 Å². The van der Waals surface area contributed by atoms with Crippen LogP contribution in [-0.2, 0) is 9.59 Å². The van der Waals surface area contributed by atoms with Crippen molar-refractivity contribution in [1.29, 1.82) is 0 Å². The van der Waals surface area contributed by atoms with Crippen LogP contribution in [0.4, 0.5) is 33.3 Å². The van der Waals surface area contributed by atoms with Gasteiger partial charge in [-0.2, -0.15) is 13.2 Å². The Labute approximate surface area is 251 Å². The van der Waals surface area contributed by atoms with Crippen LogP contribution in [-0.4, -0.2) is 36.7 Å². The highest BCUT2D eigenvalue weighted by molar-refractivity contribution is 6.04. The number of hydrogen-bond acceptors (Lipinski definition) is 6. The molecule has 2 atom stereocenters. The van der Waals surface area contributed by atoms with Crippen molar-refractivity contribution in [2.75, 3.05) is 24.4 Å². The maximum absolute atomic E-state index is 15.1. The van der Waals surface area contributed by atoms with Crippen LogP contribution < -0.4 is 24.8 Å². The molecule has 2 amide bonds. The summed E-state index contributed by atoms with van der Waals surface area (Å²) in [6.45, 7) is 1.97. The zero-order chi connectivity index (χ0) is 31.8. The number of carbonyl (C=O) groups is 2. The van der Waals surface area contributed by atoms with E-state index in [9.17, 15) is 27.2 Å². The highest BCUT2D eigenvalue weighted by atomic mass is 19.4. The first kappa shape index (κ1) is 30.5. The fourth-order valence-electron chi connectivity index (χ4n) is 5.02. The molecule has 5 rings (SSSR count). The number of amides is 2. The van der Waals surface area contributed by atoms with Gasteiger partial charge in [-0.1, -0.05) is 13.8 Å². The third kappa shape index (κ3) is 6.51. The molecule has 1 aliphatic carbocycles. The van der Waals surface area contributed by atoms with Crippen molar-refractivity contribution in [3.05, 3.63) is 78.5 Å². The molecule has 0 spiro atoms. The number of carbonyl (C=O) groups excluding carboxylic acids is 2. The molecule has 1 fully saturated rings. The molecule has 0 radical (unpaired) electrons. The number of hydrogen-bond donors (Lipinski definition) is 2. The van der Waals surface area contributed by atoms with E-state index in [-0.39, 0.29) is 36.9 Å². The van der Waals surface area contributed by atoms with E-state index < -0.39 is 53.5 Å². The number of nitrogens with one attached hydrogen (secondary N) is 2. The maximum Gasteiger partial charge on any atom is 0.422 e. The quantitative estimate of drug-likeness (QED) is 0.187. The van der Waals surface area contributed by atoms with Gasteiger partial charge in [-0.3, -0.25) is 14.6 Å². The number of alkyl halides is 3. The molecule has 8 nitrogen and oxygen atoms in total. The van der Waals surface area contributed by atoms with Gasteiger partial charge in [0.15, 0.2) is 29.7 Å². The van der Waals surface area contributed by atoms with Crippen molar-refractivity contribution in [3.8, 4) is 23.0 Å². The van der Waals surface area contributed by atoms with Crippen LogP contribution >= 0.6 is 0 Å². The summed E-state index contributed by atoms with van der Waals surface area (Å²) in [4.78, 5) is 30.0. The number of fused-ring (bicyclic) bond motifs is 1. The summed E-state index contributed by atoms with van der Waals surface area (Å²) in [5, 5.41) is 5.55. The molecule has 1 heterocycles. The summed E-state index contributed by atoms with van der Waals surface area (Å²) < 4.78 is 82.3. The lowest BCUT2D eigenvalue weighted by Crippen LogP contribution is -2.20. The minimum atomic E-state index is -4.58. The normalized spacial score (nSPS) is 17.1. The average molecular weight is 620 g/mol. The van der Waals surface area contributed by atoms with E-state index in [0.29, 0.717) is 11.2 Å². The van der Waals surface area contributed by atoms with Gasteiger partial charge in [-0.05, 0) is 53.9 Å². The van der Waals surface area contributed by atoms with Gasteiger partial charge in [-0.25, -0.2) is 8.78 Å². The van der Waals surface area contributed by atoms with E-state index in [1.807, 2.05) is 0 Å². The van der Waals surface area contributed by atoms with Gasteiger partial charge in [0, 0.05) is 37.9 Å². The number of benzene rings is 3. The number of methoxy groups -OCH3 is 1. The van der Waals surface area contributed by atoms with Crippen LogP contribution in [0.5, 0.6) is 23.0 Å². The molecule has 44 heavy (non-hydrogen) atoms. The Morgan fingerprint density at radius 3 is 2.11 bits per heavy atom. The summed E-state index contributed by atoms with van der Waals surface area (Å²) in [6.07, 6.45) is -3.21. The maximum atomic E-state index is 15.1. The summed E-state index contributed by atoms with van der Waals surface area (Å²) in [5.74, 6) is -3.86. The molecule has 0 aliphatic heterocycles. The summed E-state index contributed by atoms with van der Waals surface area (Å²) in [6, 6.07) is 13.0. The number of nitrogens with zero attached hydrogens (tertiary/aromatic N) is 1. The van der Waals surface area contributed by atoms with Gasteiger partial charge in [0.05, 0.1) is 24.5 Å². The first-order valence-corrected chi connectivity index (χ1v) is 13.3. The van der Waals surface area contributed by atoms with Crippen molar-refractivity contribution >= 4 is 34.1 Å². The minimum Gasteiger partial charge on any atom is -0.493 e. The van der Waals surface area contributed by atoms with Crippen molar-refractivity contribution < 1.29 is 48.6 Å². The number of pyridine rings is 1. The van der Waals surface area contributed by atoms with Crippen LogP contribution in [0, 0.1) is 28.9 Å². The van der Waals surface area contributed by atoms with Crippen LogP contribution in [0.2, 0.25) is 0 Å². The predicted molar refractivity (Wildman–Crippen MR) is 155 cm³/mol. The van der Waals surface area contributed by atoms with E-state index in [1.165, 1.54) is 67.9 Å². The van der Waals surface area contributed by atoms with Crippen molar-refractivity contribution in [3.63, 3.8) is 0 Å². The van der Waals surface area contributed by atoms with E-state index >= 15 is 4.39 Å². The van der Waals surface area contributed by atoms with Gasteiger partial charge >= 0.3 is 6.18 Å². The highest BCUT2D eigenvalue weighted by Gasteiger charge is 2.65. The van der Waals surface area contributed by atoms with Gasteiger partial charge < -0.3 is 24.8 Å². The summed E-state index contributed by atoms with van der Waals surface area (Å²) in [5.41, 5.74) is 0.131. The number of anilines is 2. The SMILES string of the molecule is COc1cc2nccc(Oc3ccc(NC(=O)[C@H]4[C@@H](C(=O)Nc5ccc(F)cc5)C4(C)C)cc3F)c2cc1OCC(F)(F)F.[HH].[HH]. The first-order valence-electron chi connectivity index (χ1n) is 13.3. The fourth-order valence-corrected chi connectivity index (χ4v) is 5.02. The molecule has 4 aromatic rings. The van der Waals surface area contributed by atoms with Crippen molar-refractivity contribution in [2.45, 2.75) is 20.0 Å². The predicted octanol–water partition coefficient (Wildman–Crippen LogP) is 7.60. The lowest BCUT2D eigenvalue weighted by Gasteiger charge is -2.15. The number of ether oxygens (including phenoxy) is 3. The second-order valence-electron chi connectivity index (χ2n) is 10.7. The van der Waals surface area contributed by atoms with Gasteiger partial charge in [0.2, 0.25) is 11.8 Å². The van der Waals surface area contributed by atoms with Crippen LogP contribution in [0.1, 0.15) is 16.7 Å². The molecule has 0 unspecified atom stereocenters. The molecular weight excluding hydrogens is 589 g/mol. The monoisotopic (exact) mass is 619 g/mol. The van der Waals surface area contributed by atoms with Crippen LogP contribution in [0.3, 0.4) is 0 Å². The Bertz CT molecular complexity index is 1740. The highest BCUT2D eigenvalue weighted by Crippen LogP contribution is 2.59. The number of halogens is 5. The van der Waals surface area contributed by atoms with E-state index in [4.69, 9.17) is 14.2 Å². The Morgan fingerprint density at radius 1 is 0.864 bits per heavy atom. The van der Waals surface area contributed by atoms with E-state index in [2.05, 4.69) is 15.6 Å². The zero-order valence-electron chi connectivity index (χ0n) is 23.6. The third-order valence-corrected chi connectivity index (χ3v) is 7.30. The van der Waals surface area contributed by atoms with E-state index in [1.54, 1.807) is 13.8 Å². The minimum absolute atomic E-state index is 0. The Morgan fingerprint density at radius 2 is 1.50 bits per heavy atom. The summed E-state index contributed by atoms with van der Waals surface area (Å²) in [7, 11) is 1.27. The molecule has 1 aromatic heterocycles. The lowest BCUT2D eigenvalue weighted by atomic mass is 10.1. The topological polar surface area (TPSA) is 98.8 Å². The Kier molecular flexibility index (Phi) is 8.06. The molecule has 2 N–H and O–H groups in total. The number of aromatic nitrogens is 1. The lowest BCUT2D eigenvalue weighted by molar-refractivity contribution is -0.153. The first-order chi connectivity index (χ1) is 20.8. The molecule has 234 valence electrons. The molecule has 3 aromatic carbocycles. The van der Waals surface area contributed by atoms with E-state index in [0.717, 1.165) is 6.07 Å². The second-order valence-corrected chi connectivity index (χ2v) is 10.7. The molecule has 1 aliphatic rings. The molecular formula is C31H30F5N3O5. The second kappa shape index (κ2) is 11.6. The largest absolute Gasteiger partial charge is 0.493 e. The van der Waals surface area contributed by atoms with Gasteiger partial charge in [-0.15, -0.1) is 0 Å². The molecule has 13 heteroatoms. The Hall–Kier alpha value is -4.94. The third-order valence-electron chi connectivity index (χ3n) is 7.30. The standard InChI is InChI=1S/C31H26F5N3O5.2H2/c1-30(2)26(28(40)38-17-6-4-16(32)5-7-17)27(30)29(41)39-18-8-9-23(20(33)12-18)44-22-10-11-37-21-14-24(42-3)25(13-19(21)22)43-15-31(34,35)36;;/h4-14,26-27H,15H2,1-3H3,(H,38,40)(H,39,41);2*1H/t26-,27+;;/m0../s1.